The van der Waals surface area contributed by atoms with Gasteiger partial charge in [0.2, 0.25) is 10.0 Å². The molecule has 1 heterocycles. The van der Waals surface area contributed by atoms with Crippen molar-refractivity contribution in [3.8, 4) is 0 Å². The minimum atomic E-state index is -5.60. The summed E-state index contributed by atoms with van der Waals surface area (Å²) in [7, 11) is -4.96. The lowest BCUT2D eigenvalue weighted by atomic mass is 10.1. The molecule has 0 aliphatic carbocycles. The summed E-state index contributed by atoms with van der Waals surface area (Å²) in [5.41, 5.74) is -4.81. The van der Waals surface area contributed by atoms with Gasteiger partial charge in [-0.05, 0) is 36.4 Å². The number of imide groups is 1. The fourth-order valence-electron chi connectivity index (χ4n) is 2.57. The molecule has 2 aromatic carbocycles. The van der Waals surface area contributed by atoms with Crippen molar-refractivity contribution >= 4 is 39.2 Å². The van der Waals surface area contributed by atoms with Crippen LogP contribution in [0, 0.1) is 5.82 Å². The maximum absolute atomic E-state index is 14.0. The Morgan fingerprint density at radius 2 is 1.62 bits per heavy atom. The zero-order chi connectivity index (χ0) is 21.6. The van der Waals surface area contributed by atoms with Gasteiger partial charge in [-0.3, -0.25) is 4.79 Å². The summed E-state index contributed by atoms with van der Waals surface area (Å²) in [6, 6.07) is 6.47. The number of urea groups is 1. The van der Waals surface area contributed by atoms with Gasteiger partial charge in [-0.2, -0.15) is 17.9 Å². The highest BCUT2D eigenvalue weighted by atomic mass is 35.5. The third-order valence-electron chi connectivity index (χ3n) is 3.95. The van der Waals surface area contributed by atoms with Crippen LogP contribution in [-0.2, 0) is 14.8 Å². The lowest BCUT2D eigenvalue weighted by Gasteiger charge is -2.29. The highest BCUT2D eigenvalue weighted by Crippen LogP contribution is 2.37. The second kappa shape index (κ2) is 6.97. The molecule has 3 rings (SSSR count). The van der Waals surface area contributed by atoms with Crippen LogP contribution >= 0.6 is 11.6 Å². The number of anilines is 1. The summed E-state index contributed by atoms with van der Waals surface area (Å²) in [6.07, 6.45) is -5.60. The molecule has 2 aromatic rings. The minimum absolute atomic E-state index is 0.116. The standard InChI is InChI=1S/C16H10ClF4N3O4S/c17-9-5-7-10(8-6-9)29(27,28)23-15(16(19,20)21)13(25)24(14(26)22-15)12-4-2-1-3-11(12)18/h1-8,23H,(H,22,26)/t15-/m1/s1. The molecule has 1 fully saturated rings. The third kappa shape index (κ3) is 3.54. The van der Waals surface area contributed by atoms with E-state index in [0.29, 0.717) is 0 Å². The molecular formula is C16H10ClF4N3O4S. The van der Waals surface area contributed by atoms with E-state index < -0.39 is 50.2 Å². The van der Waals surface area contributed by atoms with Gasteiger partial charge in [0.15, 0.2) is 0 Å². The first-order chi connectivity index (χ1) is 13.4. The van der Waals surface area contributed by atoms with Crippen LogP contribution in [-0.4, -0.2) is 32.2 Å². The van der Waals surface area contributed by atoms with Crippen molar-refractivity contribution in [3.05, 3.63) is 59.4 Å². The number of para-hydroxylation sites is 1. The van der Waals surface area contributed by atoms with E-state index in [9.17, 15) is 35.6 Å². The number of amides is 3. The number of benzene rings is 2. The van der Waals surface area contributed by atoms with Crippen molar-refractivity contribution in [2.24, 2.45) is 0 Å². The Kier molecular flexibility index (Phi) is 5.05. The quantitative estimate of drug-likeness (QED) is 0.552. The Balaban J connectivity index is 2.09. The molecule has 3 amide bonds. The van der Waals surface area contributed by atoms with Crippen molar-refractivity contribution in [3.63, 3.8) is 0 Å². The van der Waals surface area contributed by atoms with Gasteiger partial charge in [0.05, 0.1) is 10.6 Å². The molecule has 29 heavy (non-hydrogen) atoms. The van der Waals surface area contributed by atoms with Crippen molar-refractivity contribution in [1.29, 1.82) is 0 Å². The van der Waals surface area contributed by atoms with Gasteiger partial charge in [-0.25, -0.2) is 22.5 Å². The predicted molar refractivity (Wildman–Crippen MR) is 93.0 cm³/mol. The number of nitrogens with one attached hydrogen (secondary N) is 2. The van der Waals surface area contributed by atoms with Crippen molar-refractivity contribution in [2.75, 3.05) is 4.90 Å². The smallest absolute Gasteiger partial charge is 0.302 e. The number of alkyl halides is 3. The molecule has 0 radical (unpaired) electrons. The van der Waals surface area contributed by atoms with Gasteiger partial charge in [0, 0.05) is 5.02 Å². The number of sulfonamides is 1. The number of carbonyl (C=O) groups is 2. The highest BCUT2D eigenvalue weighted by Gasteiger charge is 2.70. The van der Waals surface area contributed by atoms with E-state index in [1.807, 2.05) is 0 Å². The predicted octanol–water partition coefficient (Wildman–Crippen LogP) is 2.77. The second-order valence-corrected chi connectivity index (χ2v) is 7.95. The first-order valence-corrected chi connectivity index (χ1v) is 9.53. The Labute approximate surface area is 166 Å². The van der Waals surface area contributed by atoms with E-state index in [1.165, 1.54) is 22.2 Å². The zero-order valence-electron chi connectivity index (χ0n) is 14.0. The summed E-state index contributed by atoms with van der Waals surface area (Å²) >= 11 is 5.63. The van der Waals surface area contributed by atoms with Crippen LogP contribution in [0.15, 0.2) is 53.4 Å². The Bertz CT molecular complexity index is 1090. The SMILES string of the molecule is O=C1N[C@](NS(=O)(=O)c2ccc(Cl)cc2)(C(F)(F)F)C(=O)N1c1ccccc1F. The molecule has 1 aliphatic rings. The molecule has 1 atom stereocenters. The molecule has 0 saturated carbocycles. The Morgan fingerprint density at radius 1 is 1.03 bits per heavy atom. The molecule has 0 bridgehead atoms. The third-order valence-corrected chi connectivity index (χ3v) is 5.67. The molecule has 0 spiro atoms. The fraction of sp³-hybridized carbons (Fsp3) is 0.125. The van der Waals surface area contributed by atoms with Crippen LogP contribution in [0.4, 0.5) is 28.0 Å². The topological polar surface area (TPSA) is 95.6 Å². The number of nitrogens with zero attached hydrogens (tertiary/aromatic N) is 1. The Morgan fingerprint density at radius 3 is 2.17 bits per heavy atom. The van der Waals surface area contributed by atoms with E-state index >= 15 is 0 Å². The average Bonchev–Trinajstić information content (AvgIpc) is 2.86. The van der Waals surface area contributed by atoms with Crippen LogP contribution in [0.5, 0.6) is 0 Å². The molecule has 2 N–H and O–H groups in total. The van der Waals surface area contributed by atoms with Gasteiger partial charge < -0.3 is 5.32 Å². The summed E-state index contributed by atoms with van der Waals surface area (Å²) < 4.78 is 81.6. The van der Waals surface area contributed by atoms with Gasteiger partial charge in [-0.15, -0.1) is 0 Å². The molecule has 0 aromatic heterocycles. The average molecular weight is 452 g/mol. The molecule has 13 heteroatoms. The van der Waals surface area contributed by atoms with Crippen molar-refractivity contribution < 1.29 is 35.6 Å². The molecule has 7 nitrogen and oxygen atoms in total. The van der Waals surface area contributed by atoms with E-state index in [1.54, 1.807) is 0 Å². The van der Waals surface area contributed by atoms with Crippen LogP contribution in [0.2, 0.25) is 5.02 Å². The van der Waals surface area contributed by atoms with Crippen molar-refractivity contribution in [1.82, 2.24) is 10.0 Å². The first kappa shape index (κ1) is 21.0. The first-order valence-electron chi connectivity index (χ1n) is 7.66. The maximum atomic E-state index is 14.0. The second-order valence-electron chi connectivity index (χ2n) is 5.83. The summed E-state index contributed by atoms with van der Waals surface area (Å²) in [4.78, 5) is 24.0. The van der Waals surface area contributed by atoms with Gasteiger partial charge in [0.1, 0.15) is 5.82 Å². The van der Waals surface area contributed by atoms with Crippen LogP contribution < -0.4 is 14.9 Å². The van der Waals surface area contributed by atoms with Crippen LogP contribution in [0.25, 0.3) is 0 Å². The zero-order valence-corrected chi connectivity index (χ0v) is 15.6. The van der Waals surface area contributed by atoms with Crippen molar-refractivity contribution in [2.45, 2.75) is 16.7 Å². The largest absolute Gasteiger partial charge is 0.435 e. The van der Waals surface area contributed by atoms with E-state index in [-0.39, 0.29) is 9.92 Å². The van der Waals surface area contributed by atoms with E-state index in [2.05, 4.69) is 0 Å². The number of rotatable bonds is 4. The van der Waals surface area contributed by atoms with Crippen LogP contribution in [0.1, 0.15) is 0 Å². The number of carbonyl (C=O) groups excluding carboxylic acids is 2. The van der Waals surface area contributed by atoms with Crippen LogP contribution in [0.3, 0.4) is 0 Å². The monoisotopic (exact) mass is 451 g/mol. The summed E-state index contributed by atoms with van der Waals surface area (Å²) in [6.45, 7) is 0. The fourth-order valence-corrected chi connectivity index (χ4v) is 3.97. The van der Waals surface area contributed by atoms with Gasteiger partial charge in [-0.1, -0.05) is 23.7 Å². The lowest BCUT2D eigenvalue weighted by Crippen LogP contribution is -2.69. The van der Waals surface area contributed by atoms with E-state index in [4.69, 9.17) is 11.6 Å². The van der Waals surface area contributed by atoms with E-state index in [0.717, 1.165) is 36.4 Å². The molecule has 0 unspecified atom stereocenters. The molecular weight excluding hydrogens is 442 g/mol. The number of halogens is 5. The summed E-state index contributed by atoms with van der Waals surface area (Å²) in [5, 5.41) is 1.42. The Hall–Kier alpha value is -2.70. The number of hydrogen-bond donors (Lipinski definition) is 2. The lowest BCUT2D eigenvalue weighted by molar-refractivity contribution is -0.194. The summed E-state index contributed by atoms with van der Waals surface area (Å²) in [5.74, 6) is -3.22. The van der Waals surface area contributed by atoms with Gasteiger partial charge >= 0.3 is 12.2 Å². The number of hydrogen-bond acceptors (Lipinski definition) is 4. The molecule has 1 saturated heterocycles. The molecule has 154 valence electrons. The minimum Gasteiger partial charge on any atom is -0.302 e. The molecule has 1 aliphatic heterocycles. The maximum Gasteiger partial charge on any atom is 0.435 e. The normalized spacial score (nSPS) is 20.1. The highest BCUT2D eigenvalue weighted by molar-refractivity contribution is 7.89. The van der Waals surface area contributed by atoms with Gasteiger partial charge in [0.25, 0.3) is 11.6 Å².